The van der Waals surface area contributed by atoms with Gasteiger partial charge in [0.2, 0.25) is 11.8 Å². The molecule has 1 aromatic heterocycles. The highest BCUT2D eigenvalue weighted by atomic mass is 16.5. The van der Waals surface area contributed by atoms with Crippen LogP contribution in [0.3, 0.4) is 0 Å². The second kappa shape index (κ2) is 8.39. The van der Waals surface area contributed by atoms with E-state index in [9.17, 15) is 9.59 Å². The highest BCUT2D eigenvalue weighted by Crippen LogP contribution is 2.06. The van der Waals surface area contributed by atoms with Crippen LogP contribution in [0.15, 0.2) is 4.52 Å². The van der Waals surface area contributed by atoms with Gasteiger partial charge in [0, 0.05) is 19.3 Å². The monoisotopic (exact) mass is 297 g/mol. The van der Waals surface area contributed by atoms with E-state index in [0.717, 1.165) is 12.8 Å². The number of nitrogens with zero attached hydrogens (tertiary/aromatic N) is 2. The van der Waals surface area contributed by atoms with Gasteiger partial charge in [-0.2, -0.15) is 4.98 Å². The number of hydrogen-bond acceptors (Lipinski definition) is 5. The van der Waals surface area contributed by atoms with Crippen LogP contribution in [-0.4, -0.2) is 33.2 Å². The number of carboxylic acids is 1. The molecule has 0 radical (unpaired) electrons. The van der Waals surface area contributed by atoms with Crippen LogP contribution < -0.4 is 5.32 Å². The van der Waals surface area contributed by atoms with Gasteiger partial charge in [-0.15, -0.1) is 0 Å². The zero-order chi connectivity index (χ0) is 15.8. The van der Waals surface area contributed by atoms with Crippen molar-refractivity contribution in [2.75, 3.05) is 0 Å². The number of aliphatic carboxylic acids is 1. The normalized spacial score (nSPS) is 12.4. The average Bonchev–Trinajstić information content (AvgIpc) is 2.83. The first-order valence-electron chi connectivity index (χ1n) is 7.27. The summed E-state index contributed by atoms with van der Waals surface area (Å²) in [6.07, 6.45) is 3.03. The van der Waals surface area contributed by atoms with Crippen LogP contribution in [0.1, 0.15) is 51.7 Å². The van der Waals surface area contributed by atoms with Gasteiger partial charge in [0.05, 0.1) is 0 Å². The first kappa shape index (κ1) is 17.1. The number of nitrogens with one attached hydrogen (secondary N) is 1. The number of carbonyl (C=O) groups is 2. The van der Waals surface area contributed by atoms with Gasteiger partial charge < -0.3 is 14.9 Å². The van der Waals surface area contributed by atoms with Gasteiger partial charge in [-0.3, -0.25) is 4.79 Å². The van der Waals surface area contributed by atoms with Crippen molar-refractivity contribution >= 4 is 11.9 Å². The van der Waals surface area contributed by atoms with Crippen molar-refractivity contribution in [2.24, 2.45) is 5.92 Å². The summed E-state index contributed by atoms with van der Waals surface area (Å²) in [5.41, 5.74) is 0. The number of rotatable bonds is 9. The number of aryl methyl sites for hydroxylation is 2. The Hall–Kier alpha value is -1.92. The Morgan fingerprint density at radius 2 is 2.05 bits per heavy atom. The van der Waals surface area contributed by atoms with Crippen molar-refractivity contribution in [2.45, 2.75) is 58.9 Å². The summed E-state index contributed by atoms with van der Waals surface area (Å²) in [4.78, 5) is 26.9. The van der Waals surface area contributed by atoms with Gasteiger partial charge in [-0.05, 0) is 18.8 Å². The van der Waals surface area contributed by atoms with Crippen molar-refractivity contribution in [3.8, 4) is 0 Å². The van der Waals surface area contributed by atoms with Gasteiger partial charge in [0.25, 0.3) is 0 Å². The van der Waals surface area contributed by atoms with E-state index in [1.807, 2.05) is 6.92 Å². The first-order valence-corrected chi connectivity index (χ1v) is 7.27. The zero-order valence-electron chi connectivity index (χ0n) is 12.8. The number of amides is 1. The van der Waals surface area contributed by atoms with Crippen LogP contribution in [-0.2, 0) is 22.4 Å². The molecule has 0 aliphatic rings. The lowest BCUT2D eigenvalue weighted by atomic mass is 10.0. The van der Waals surface area contributed by atoms with E-state index < -0.39 is 12.0 Å². The van der Waals surface area contributed by atoms with Crippen molar-refractivity contribution < 1.29 is 19.2 Å². The molecule has 2 N–H and O–H groups in total. The second-order valence-electron chi connectivity index (χ2n) is 5.34. The Morgan fingerprint density at radius 3 is 2.62 bits per heavy atom. The van der Waals surface area contributed by atoms with E-state index in [2.05, 4.69) is 15.5 Å². The van der Waals surface area contributed by atoms with Crippen LogP contribution in [0.4, 0.5) is 0 Å². The lowest BCUT2D eigenvalue weighted by Gasteiger charge is -2.17. The van der Waals surface area contributed by atoms with Gasteiger partial charge in [-0.25, -0.2) is 4.79 Å². The van der Waals surface area contributed by atoms with E-state index >= 15 is 0 Å². The Balaban J connectivity index is 2.34. The van der Waals surface area contributed by atoms with E-state index in [1.165, 1.54) is 0 Å². The van der Waals surface area contributed by atoms with E-state index in [1.54, 1.807) is 13.8 Å². The molecular formula is C14H23N3O4. The molecule has 0 bridgehead atoms. The molecule has 1 atom stereocenters. The maximum atomic E-state index is 11.7. The van der Waals surface area contributed by atoms with Crippen LogP contribution in [0.25, 0.3) is 0 Å². The molecule has 1 amide bonds. The molecule has 1 heterocycles. The second-order valence-corrected chi connectivity index (χ2v) is 5.34. The summed E-state index contributed by atoms with van der Waals surface area (Å²) in [5, 5.41) is 15.4. The van der Waals surface area contributed by atoms with Crippen LogP contribution >= 0.6 is 0 Å². The lowest BCUT2D eigenvalue weighted by molar-refractivity contribution is -0.143. The molecule has 0 fully saturated rings. The largest absolute Gasteiger partial charge is 0.480 e. The quantitative estimate of drug-likeness (QED) is 0.716. The van der Waals surface area contributed by atoms with E-state index in [-0.39, 0.29) is 18.2 Å². The first-order chi connectivity index (χ1) is 9.93. The standard InChI is InChI=1S/C14H23N3O4/c1-4-6-10-15-12(21-17-10)8-5-7-11(18)16-13(9(2)3)14(19)20/h9,13H,4-8H2,1-3H3,(H,16,18)(H,19,20)/t13-/m1/s1. The smallest absolute Gasteiger partial charge is 0.326 e. The summed E-state index contributed by atoms with van der Waals surface area (Å²) in [7, 11) is 0. The highest BCUT2D eigenvalue weighted by Gasteiger charge is 2.23. The van der Waals surface area contributed by atoms with Crippen LogP contribution in [0.5, 0.6) is 0 Å². The number of carboxylic acid groups (broad SMARTS) is 1. The Kier molecular flexibility index (Phi) is 6.84. The molecule has 7 heteroatoms. The van der Waals surface area contributed by atoms with Crippen molar-refractivity contribution in [3.63, 3.8) is 0 Å². The van der Waals surface area contributed by atoms with Gasteiger partial charge in [0.15, 0.2) is 5.82 Å². The topological polar surface area (TPSA) is 105 Å². The highest BCUT2D eigenvalue weighted by molar-refractivity contribution is 5.83. The number of carbonyl (C=O) groups excluding carboxylic acids is 1. The summed E-state index contributed by atoms with van der Waals surface area (Å²) >= 11 is 0. The molecule has 0 saturated heterocycles. The Morgan fingerprint density at radius 1 is 1.33 bits per heavy atom. The maximum Gasteiger partial charge on any atom is 0.326 e. The minimum absolute atomic E-state index is 0.154. The lowest BCUT2D eigenvalue weighted by Crippen LogP contribution is -2.44. The predicted molar refractivity (Wildman–Crippen MR) is 75.6 cm³/mol. The SMILES string of the molecule is CCCc1noc(CCCC(=O)N[C@@H](C(=O)O)C(C)C)n1. The predicted octanol–water partition coefficient (Wildman–Crippen LogP) is 1.57. The fourth-order valence-corrected chi connectivity index (χ4v) is 1.88. The van der Waals surface area contributed by atoms with Crippen molar-refractivity contribution in [3.05, 3.63) is 11.7 Å². The van der Waals surface area contributed by atoms with Crippen LogP contribution in [0.2, 0.25) is 0 Å². The maximum absolute atomic E-state index is 11.7. The molecule has 0 saturated carbocycles. The molecule has 1 rings (SSSR count). The van der Waals surface area contributed by atoms with E-state index in [4.69, 9.17) is 9.63 Å². The number of aromatic nitrogens is 2. The molecule has 0 aromatic carbocycles. The number of hydrogen-bond donors (Lipinski definition) is 2. The van der Waals surface area contributed by atoms with Crippen LogP contribution in [0, 0.1) is 5.92 Å². The third kappa shape index (κ3) is 5.93. The van der Waals surface area contributed by atoms with Crippen molar-refractivity contribution in [1.82, 2.24) is 15.5 Å². The summed E-state index contributed by atoms with van der Waals surface area (Å²) in [6, 6.07) is -0.850. The summed E-state index contributed by atoms with van der Waals surface area (Å²) in [5.74, 6) is -0.240. The minimum Gasteiger partial charge on any atom is -0.480 e. The summed E-state index contributed by atoms with van der Waals surface area (Å²) < 4.78 is 5.07. The molecule has 118 valence electrons. The molecule has 1 aromatic rings. The molecule has 21 heavy (non-hydrogen) atoms. The third-order valence-corrected chi connectivity index (χ3v) is 3.03. The molecule has 0 aliphatic carbocycles. The molecule has 0 spiro atoms. The van der Waals surface area contributed by atoms with Crippen molar-refractivity contribution in [1.29, 1.82) is 0 Å². The average molecular weight is 297 g/mol. The Labute approximate surface area is 124 Å². The molecular weight excluding hydrogens is 274 g/mol. The minimum atomic E-state index is -1.01. The molecule has 0 unspecified atom stereocenters. The summed E-state index contributed by atoms with van der Waals surface area (Å²) in [6.45, 7) is 5.55. The third-order valence-electron chi connectivity index (χ3n) is 3.03. The van der Waals surface area contributed by atoms with Gasteiger partial charge >= 0.3 is 5.97 Å². The zero-order valence-corrected chi connectivity index (χ0v) is 12.8. The fraction of sp³-hybridized carbons (Fsp3) is 0.714. The Bertz CT molecular complexity index is 471. The van der Waals surface area contributed by atoms with Gasteiger partial charge in [-0.1, -0.05) is 25.9 Å². The fourth-order valence-electron chi connectivity index (χ4n) is 1.88. The molecule has 7 nitrogen and oxygen atoms in total. The van der Waals surface area contributed by atoms with Gasteiger partial charge in [0.1, 0.15) is 6.04 Å². The van der Waals surface area contributed by atoms with E-state index in [0.29, 0.717) is 24.6 Å². The molecule has 0 aliphatic heterocycles.